The van der Waals surface area contributed by atoms with Crippen molar-refractivity contribution in [2.24, 2.45) is 0 Å². The van der Waals surface area contributed by atoms with Crippen LogP contribution >= 0.6 is 11.3 Å². The van der Waals surface area contributed by atoms with Gasteiger partial charge >= 0.3 is 23.9 Å². The summed E-state index contributed by atoms with van der Waals surface area (Å²) < 4.78 is 73.6. The van der Waals surface area contributed by atoms with Crippen molar-refractivity contribution >= 4 is 61.0 Å². The fourth-order valence-corrected chi connectivity index (χ4v) is 11.4. The third-order valence-electron chi connectivity index (χ3n) is 9.92. The highest BCUT2D eigenvalue weighted by Crippen LogP contribution is 2.42. The molecule has 15 nitrogen and oxygen atoms in total. The van der Waals surface area contributed by atoms with Gasteiger partial charge in [-0.1, -0.05) is 104 Å². The SMILES string of the molecule is CCCCCCCCCCCCCCCCCC(=O)O[C@@H](C)C(=O)O[C@@H](C)C(=O)O[C@@H](C)C(=O)O[C@@H](C)C(=O)NS(=O)(=O)c1cc2c(s1)S(=O)(=O)C(C)CC2NCC. The van der Waals surface area contributed by atoms with E-state index in [1.165, 1.54) is 90.5 Å². The molecule has 0 aliphatic carbocycles. The van der Waals surface area contributed by atoms with E-state index in [0.29, 0.717) is 29.9 Å². The van der Waals surface area contributed by atoms with Gasteiger partial charge in [0.2, 0.25) is 0 Å². The monoisotopic (exact) mass is 878 g/mol. The third kappa shape index (κ3) is 16.9. The Morgan fingerprint density at radius 2 is 1.14 bits per heavy atom. The van der Waals surface area contributed by atoms with Crippen molar-refractivity contribution in [3.8, 4) is 0 Å². The van der Waals surface area contributed by atoms with Crippen LogP contribution < -0.4 is 10.0 Å². The zero-order valence-corrected chi connectivity index (χ0v) is 37.8. The largest absolute Gasteiger partial charge is 0.451 e. The molecule has 2 N–H and O–H groups in total. The Morgan fingerprint density at radius 3 is 1.60 bits per heavy atom. The van der Waals surface area contributed by atoms with Crippen LogP contribution in [0.1, 0.15) is 169 Å². The van der Waals surface area contributed by atoms with Gasteiger partial charge in [0.1, 0.15) is 8.42 Å². The summed E-state index contributed by atoms with van der Waals surface area (Å²) in [6.45, 7) is 10.9. The molecule has 0 bridgehead atoms. The fraction of sp³-hybridized carbons (Fsp3) is 0.775. The number of rotatable bonds is 28. The number of carbonyl (C=O) groups excluding carboxylic acids is 5. The van der Waals surface area contributed by atoms with Crippen LogP contribution in [0, 0.1) is 0 Å². The van der Waals surface area contributed by atoms with Crippen molar-refractivity contribution < 1.29 is 59.8 Å². The molecule has 0 spiro atoms. The molecule has 1 aliphatic heterocycles. The van der Waals surface area contributed by atoms with Crippen LogP contribution in [-0.4, -0.2) is 82.8 Å². The molecule has 0 fully saturated rings. The Morgan fingerprint density at radius 1 is 0.707 bits per heavy atom. The number of fused-ring (bicyclic) bond motifs is 1. The lowest BCUT2D eigenvalue weighted by molar-refractivity contribution is -0.183. The lowest BCUT2D eigenvalue weighted by atomic mass is 10.0. The second-order valence-electron chi connectivity index (χ2n) is 15.0. The lowest BCUT2D eigenvalue weighted by Gasteiger charge is -2.27. The van der Waals surface area contributed by atoms with Crippen molar-refractivity contribution in [3.05, 3.63) is 11.6 Å². The van der Waals surface area contributed by atoms with E-state index in [2.05, 4.69) is 12.2 Å². The Bertz CT molecular complexity index is 1710. The first-order valence-corrected chi connectivity index (χ1v) is 24.7. The smallest absolute Gasteiger partial charge is 0.347 e. The van der Waals surface area contributed by atoms with Gasteiger partial charge in [0.25, 0.3) is 15.9 Å². The quantitative estimate of drug-likeness (QED) is 0.0506. The highest BCUT2D eigenvalue weighted by atomic mass is 32.3. The summed E-state index contributed by atoms with van der Waals surface area (Å²) in [5.41, 5.74) is 0.300. The number of esters is 4. The second kappa shape index (κ2) is 25.5. The number of ether oxygens (including phenoxy) is 4. The van der Waals surface area contributed by atoms with Gasteiger partial charge in [-0.2, -0.15) is 0 Å². The van der Waals surface area contributed by atoms with Gasteiger partial charge in [0.15, 0.2) is 34.3 Å². The van der Waals surface area contributed by atoms with E-state index < -0.39 is 89.6 Å². The normalized spacial score (nSPS) is 18.2. The number of hydrogen-bond donors (Lipinski definition) is 2. The molecule has 0 saturated heterocycles. The molecule has 1 aromatic rings. The number of amides is 1. The molecule has 1 aromatic heterocycles. The maximum Gasteiger partial charge on any atom is 0.347 e. The molecule has 0 radical (unpaired) electrons. The number of nitrogens with one attached hydrogen (secondary N) is 2. The van der Waals surface area contributed by atoms with E-state index in [0.717, 1.165) is 33.1 Å². The van der Waals surface area contributed by atoms with Crippen LogP contribution in [-0.2, 0) is 62.8 Å². The summed E-state index contributed by atoms with van der Waals surface area (Å²) in [6.07, 6.45) is 12.3. The highest BCUT2D eigenvalue weighted by Gasteiger charge is 2.40. The van der Waals surface area contributed by atoms with Crippen LogP contribution in [0.5, 0.6) is 0 Å². The molecule has 2 heterocycles. The molecule has 6 atom stereocenters. The molecule has 2 rings (SSSR count). The van der Waals surface area contributed by atoms with Crippen molar-refractivity contribution in [2.75, 3.05) is 6.54 Å². The van der Waals surface area contributed by atoms with E-state index in [1.807, 2.05) is 6.92 Å². The first-order valence-electron chi connectivity index (χ1n) is 20.8. The minimum absolute atomic E-state index is 0.0962. The van der Waals surface area contributed by atoms with Crippen LogP contribution in [0.15, 0.2) is 14.5 Å². The highest BCUT2D eigenvalue weighted by molar-refractivity contribution is 7.95. The average Bonchev–Trinajstić information content (AvgIpc) is 3.64. The first-order chi connectivity index (χ1) is 27.3. The van der Waals surface area contributed by atoms with Crippen molar-refractivity contribution in [3.63, 3.8) is 0 Å². The number of sulfonamides is 1. The van der Waals surface area contributed by atoms with E-state index in [4.69, 9.17) is 18.9 Å². The second-order valence-corrected chi connectivity index (χ2v) is 20.6. The number of thiophene rings is 1. The number of hydrogen-bond acceptors (Lipinski definition) is 15. The maximum atomic E-state index is 13.1. The zero-order chi connectivity index (χ0) is 43.5. The predicted molar refractivity (Wildman–Crippen MR) is 219 cm³/mol. The molecule has 0 saturated carbocycles. The van der Waals surface area contributed by atoms with Crippen LogP contribution in [0.3, 0.4) is 0 Å². The van der Waals surface area contributed by atoms with Crippen LogP contribution in [0.4, 0.5) is 0 Å². The van der Waals surface area contributed by atoms with Crippen molar-refractivity contribution in [1.29, 1.82) is 0 Å². The molecule has 0 aromatic carbocycles. The first kappa shape index (κ1) is 51.1. The zero-order valence-electron chi connectivity index (χ0n) is 35.3. The molecular weight excluding hydrogens is 813 g/mol. The average molecular weight is 879 g/mol. The summed E-state index contributed by atoms with van der Waals surface area (Å²) in [4.78, 5) is 62.7. The topological polar surface area (TPSA) is 215 Å². The lowest BCUT2D eigenvalue weighted by Crippen LogP contribution is -2.41. The van der Waals surface area contributed by atoms with Gasteiger partial charge in [-0.05, 0) is 60.1 Å². The molecule has 1 aliphatic rings. The maximum absolute atomic E-state index is 13.1. The van der Waals surface area contributed by atoms with Gasteiger partial charge in [-0.3, -0.25) is 9.59 Å². The Kier molecular flexibility index (Phi) is 22.5. The molecular formula is C40H66N2O13S3. The van der Waals surface area contributed by atoms with E-state index >= 15 is 0 Å². The molecule has 332 valence electrons. The Balaban J connectivity index is 1.69. The van der Waals surface area contributed by atoms with Crippen molar-refractivity contribution in [2.45, 2.75) is 202 Å². The molecule has 58 heavy (non-hydrogen) atoms. The van der Waals surface area contributed by atoms with Gasteiger partial charge in [0.05, 0.1) is 5.25 Å². The summed E-state index contributed by atoms with van der Waals surface area (Å²) >= 11 is 0.526. The standard InChI is InChI=1S/C40H66N2O13S3/c1-8-10-11-12-13-14-15-16-17-18-19-20-21-22-23-24-34(43)52-29(5)37(45)54-31(7)39(47)55-30(6)38(46)53-28(4)36(44)42-58(50,51)35-26-32-33(41-9-2)25-27(3)57(48,49)40(32)56-35/h26-31,33,41H,8-25H2,1-7H3,(H,42,44)/t27?,28-,29-,30-,31-,33?/m0/s1. The van der Waals surface area contributed by atoms with Crippen LogP contribution in [0.2, 0.25) is 0 Å². The summed E-state index contributed by atoms with van der Waals surface area (Å²) in [5.74, 6) is -5.12. The van der Waals surface area contributed by atoms with Gasteiger partial charge < -0.3 is 24.3 Å². The minimum Gasteiger partial charge on any atom is -0.451 e. The minimum atomic E-state index is -4.56. The van der Waals surface area contributed by atoms with Gasteiger partial charge in [0, 0.05) is 18.0 Å². The Labute approximate surface area is 349 Å². The van der Waals surface area contributed by atoms with Crippen LogP contribution in [0.25, 0.3) is 0 Å². The molecule has 2 unspecified atom stereocenters. The molecule has 1 amide bonds. The van der Waals surface area contributed by atoms with E-state index in [9.17, 15) is 40.8 Å². The van der Waals surface area contributed by atoms with Crippen molar-refractivity contribution in [1.82, 2.24) is 10.0 Å². The van der Waals surface area contributed by atoms with E-state index in [-0.39, 0.29) is 17.1 Å². The summed E-state index contributed by atoms with van der Waals surface area (Å²) in [5, 5.41) is 2.41. The summed E-state index contributed by atoms with van der Waals surface area (Å²) in [7, 11) is -8.35. The number of unbranched alkanes of at least 4 members (excludes halogenated alkanes) is 14. The molecule has 18 heteroatoms. The predicted octanol–water partition coefficient (Wildman–Crippen LogP) is 6.76. The number of carbonyl (C=O) groups is 5. The van der Waals surface area contributed by atoms with E-state index in [1.54, 1.807) is 11.6 Å². The van der Waals surface area contributed by atoms with Gasteiger partial charge in [-0.25, -0.2) is 35.9 Å². The number of sulfone groups is 1. The van der Waals surface area contributed by atoms with Gasteiger partial charge in [-0.15, -0.1) is 11.3 Å². The fourth-order valence-electron chi connectivity index (χ4n) is 6.34. The third-order valence-corrected chi connectivity index (χ3v) is 15.6. The summed E-state index contributed by atoms with van der Waals surface area (Å²) in [6, 6.07) is 0.815. The Hall–Kier alpha value is -3.09.